The van der Waals surface area contributed by atoms with Crippen molar-refractivity contribution in [2.24, 2.45) is 0 Å². The number of benzene rings is 2. The minimum Gasteiger partial charge on any atom is -0.492 e. The van der Waals surface area contributed by atoms with Crippen molar-refractivity contribution in [3.8, 4) is 11.8 Å². The summed E-state index contributed by atoms with van der Waals surface area (Å²) >= 11 is 0. The molecule has 0 fully saturated rings. The van der Waals surface area contributed by atoms with Crippen LogP contribution in [0.2, 0.25) is 0 Å². The molecule has 0 aliphatic heterocycles. The predicted molar refractivity (Wildman–Crippen MR) is 80.4 cm³/mol. The van der Waals surface area contributed by atoms with Crippen LogP contribution in [0.1, 0.15) is 24.0 Å². The van der Waals surface area contributed by atoms with Gasteiger partial charge in [-0.2, -0.15) is 5.26 Å². The Bertz CT molecular complexity index is 588. The van der Waals surface area contributed by atoms with Crippen molar-refractivity contribution in [2.75, 3.05) is 12.3 Å². The van der Waals surface area contributed by atoms with Gasteiger partial charge < -0.3 is 10.5 Å². The van der Waals surface area contributed by atoms with E-state index >= 15 is 0 Å². The highest BCUT2D eigenvalue weighted by molar-refractivity contribution is 5.53. The van der Waals surface area contributed by atoms with Gasteiger partial charge in [0.05, 0.1) is 12.2 Å². The summed E-state index contributed by atoms with van der Waals surface area (Å²) in [5, 5.41) is 9.01. The Hall–Kier alpha value is -2.47. The van der Waals surface area contributed by atoms with Crippen LogP contribution in [0.5, 0.6) is 5.75 Å². The van der Waals surface area contributed by atoms with Gasteiger partial charge >= 0.3 is 0 Å². The van der Waals surface area contributed by atoms with Crippen molar-refractivity contribution in [3.63, 3.8) is 0 Å². The van der Waals surface area contributed by atoms with E-state index in [0.29, 0.717) is 23.6 Å². The van der Waals surface area contributed by atoms with Crippen LogP contribution >= 0.6 is 0 Å². The zero-order valence-corrected chi connectivity index (χ0v) is 11.4. The molecule has 0 amide bonds. The molecule has 0 saturated heterocycles. The smallest absolute Gasteiger partial charge is 0.137 e. The van der Waals surface area contributed by atoms with Crippen molar-refractivity contribution in [3.05, 3.63) is 59.7 Å². The highest BCUT2D eigenvalue weighted by Gasteiger charge is 2.03. The van der Waals surface area contributed by atoms with E-state index in [1.807, 2.05) is 6.07 Å². The Morgan fingerprint density at radius 1 is 1.05 bits per heavy atom. The number of hydrogen-bond acceptors (Lipinski definition) is 3. The van der Waals surface area contributed by atoms with Gasteiger partial charge in [0, 0.05) is 5.69 Å². The molecule has 3 nitrogen and oxygen atoms in total. The molecule has 0 aliphatic rings. The highest BCUT2D eigenvalue weighted by Crippen LogP contribution is 2.20. The summed E-state index contributed by atoms with van der Waals surface area (Å²) in [5.41, 5.74) is 8.06. The first-order valence-electron chi connectivity index (χ1n) is 6.76. The van der Waals surface area contributed by atoms with E-state index in [1.54, 1.807) is 18.2 Å². The van der Waals surface area contributed by atoms with Gasteiger partial charge in [0.15, 0.2) is 0 Å². The normalized spacial score (nSPS) is 9.95. The van der Waals surface area contributed by atoms with Crippen molar-refractivity contribution < 1.29 is 4.74 Å². The SMILES string of the molecule is N#Cc1cc(N)ccc1OCCCCc1ccccc1. The Morgan fingerprint density at radius 3 is 2.60 bits per heavy atom. The van der Waals surface area contributed by atoms with Gasteiger partial charge in [-0.05, 0) is 43.0 Å². The molecule has 0 unspecified atom stereocenters. The van der Waals surface area contributed by atoms with E-state index < -0.39 is 0 Å². The minimum absolute atomic E-state index is 0.494. The second-order valence-corrected chi connectivity index (χ2v) is 4.66. The number of rotatable bonds is 6. The van der Waals surface area contributed by atoms with Crippen molar-refractivity contribution in [1.82, 2.24) is 0 Å². The molecule has 2 rings (SSSR count). The number of aryl methyl sites for hydroxylation is 1. The molecule has 0 bridgehead atoms. The maximum atomic E-state index is 9.01. The summed E-state index contributed by atoms with van der Waals surface area (Å²) in [4.78, 5) is 0. The van der Waals surface area contributed by atoms with Crippen LogP contribution in [0.4, 0.5) is 5.69 Å². The van der Waals surface area contributed by atoms with Gasteiger partial charge in [0.2, 0.25) is 0 Å². The quantitative estimate of drug-likeness (QED) is 0.642. The number of ether oxygens (including phenoxy) is 1. The lowest BCUT2D eigenvalue weighted by Crippen LogP contribution is -2.00. The Kier molecular flexibility index (Phi) is 5.02. The van der Waals surface area contributed by atoms with Gasteiger partial charge in [-0.3, -0.25) is 0 Å². The van der Waals surface area contributed by atoms with Gasteiger partial charge in [-0.25, -0.2) is 0 Å². The maximum Gasteiger partial charge on any atom is 0.137 e. The van der Waals surface area contributed by atoms with Crippen molar-refractivity contribution in [1.29, 1.82) is 5.26 Å². The van der Waals surface area contributed by atoms with E-state index in [9.17, 15) is 0 Å². The van der Waals surface area contributed by atoms with Crippen LogP contribution in [0.25, 0.3) is 0 Å². The zero-order chi connectivity index (χ0) is 14.2. The van der Waals surface area contributed by atoms with Crippen molar-refractivity contribution in [2.45, 2.75) is 19.3 Å². The second kappa shape index (κ2) is 7.20. The summed E-state index contributed by atoms with van der Waals surface area (Å²) < 4.78 is 5.64. The fourth-order valence-electron chi connectivity index (χ4n) is 2.02. The van der Waals surface area contributed by atoms with Crippen LogP contribution in [0.15, 0.2) is 48.5 Å². The number of nitrogens with two attached hydrogens (primary N) is 1. The largest absolute Gasteiger partial charge is 0.492 e. The van der Waals surface area contributed by atoms with Crippen molar-refractivity contribution >= 4 is 5.69 Å². The second-order valence-electron chi connectivity index (χ2n) is 4.66. The number of nitrogen functional groups attached to an aromatic ring is 1. The molecular weight excluding hydrogens is 248 g/mol. The van der Waals surface area contributed by atoms with Crippen LogP contribution in [-0.4, -0.2) is 6.61 Å². The number of unbranched alkanes of at least 4 members (excludes halogenated alkanes) is 1. The van der Waals surface area contributed by atoms with Crippen LogP contribution in [0.3, 0.4) is 0 Å². The Morgan fingerprint density at radius 2 is 1.85 bits per heavy atom. The molecule has 3 heteroatoms. The molecular formula is C17H18N2O. The molecule has 2 aromatic rings. The monoisotopic (exact) mass is 266 g/mol. The molecule has 102 valence electrons. The average molecular weight is 266 g/mol. The van der Waals surface area contributed by atoms with E-state index in [0.717, 1.165) is 19.3 Å². The van der Waals surface area contributed by atoms with Gasteiger partial charge in [0.25, 0.3) is 0 Å². The summed E-state index contributed by atoms with van der Waals surface area (Å²) in [6.45, 7) is 0.616. The standard InChI is InChI=1S/C17H18N2O/c18-13-15-12-16(19)9-10-17(15)20-11-5-4-8-14-6-2-1-3-7-14/h1-3,6-7,9-10,12H,4-5,8,11,19H2. The lowest BCUT2D eigenvalue weighted by molar-refractivity contribution is 0.306. The van der Waals surface area contributed by atoms with E-state index in [-0.39, 0.29) is 0 Å². The molecule has 0 aliphatic carbocycles. The van der Waals surface area contributed by atoms with Gasteiger partial charge in [-0.15, -0.1) is 0 Å². The van der Waals surface area contributed by atoms with Crippen LogP contribution in [-0.2, 0) is 6.42 Å². The van der Waals surface area contributed by atoms with E-state index in [4.69, 9.17) is 15.7 Å². The van der Waals surface area contributed by atoms with Crippen LogP contribution < -0.4 is 10.5 Å². The first kappa shape index (κ1) is 14.0. The third-order valence-corrected chi connectivity index (χ3v) is 3.08. The first-order valence-corrected chi connectivity index (χ1v) is 6.76. The van der Waals surface area contributed by atoms with Crippen LogP contribution in [0, 0.1) is 11.3 Å². The first-order chi connectivity index (χ1) is 9.79. The number of nitriles is 1. The topological polar surface area (TPSA) is 59.0 Å². The highest BCUT2D eigenvalue weighted by atomic mass is 16.5. The predicted octanol–water partition coefficient (Wildman–Crippen LogP) is 3.54. The Balaban J connectivity index is 1.75. The maximum absolute atomic E-state index is 9.01. The number of nitrogens with zero attached hydrogens (tertiary/aromatic N) is 1. The van der Waals surface area contributed by atoms with E-state index in [1.165, 1.54) is 5.56 Å². The molecule has 0 heterocycles. The number of hydrogen-bond donors (Lipinski definition) is 1. The fourth-order valence-corrected chi connectivity index (χ4v) is 2.02. The fraction of sp³-hybridized carbons (Fsp3) is 0.235. The number of anilines is 1. The molecule has 0 atom stereocenters. The minimum atomic E-state index is 0.494. The molecule has 0 spiro atoms. The third kappa shape index (κ3) is 4.03. The van der Waals surface area contributed by atoms with Gasteiger partial charge in [-0.1, -0.05) is 30.3 Å². The summed E-state index contributed by atoms with van der Waals surface area (Å²) in [6.07, 6.45) is 3.09. The molecule has 0 saturated carbocycles. The molecule has 0 radical (unpaired) electrons. The third-order valence-electron chi connectivity index (χ3n) is 3.08. The van der Waals surface area contributed by atoms with Gasteiger partial charge in [0.1, 0.15) is 11.8 Å². The summed E-state index contributed by atoms with van der Waals surface area (Å²) in [5.74, 6) is 0.612. The lowest BCUT2D eigenvalue weighted by atomic mass is 10.1. The summed E-state index contributed by atoms with van der Waals surface area (Å²) in [7, 11) is 0. The molecule has 20 heavy (non-hydrogen) atoms. The molecule has 0 aromatic heterocycles. The molecule has 2 N–H and O–H groups in total. The molecule has 2 aromatic carbocycles. The summed E-state index contributed by atoms with van der Waals surface area (Å²) in [6, 6.07) is 17.6. The Labute approximate surface area is 119 Å². The lowest BCUT2D eigenvalue weighted by Gasteiger charge is -2.08. The average Bonchev–Trinajstić information content (AvgIpc) is 2.49. The zero-order valence-electron chi connectivity index (χ0n) is 11.4. The van der Waals surface area contributed by atoms with E-state index in [2.05, 4.69) is 30.3 Å².